The number of aliphatic carboxylic acids is 1. The zero-order chi connectivity index (χ0) is 29.2. The van der Waals surface area contributed by atoms with E-state index in [1.54, 1.807) is 49.4 Å². The van der Waals surface area contributed by atoms with Gasteiger partial charge >= 0.3 is 5.97 Å². The Kier molecular flexibility index (Phi) is 10.5. The molecule has 0 aliphatic carbocycles. The van der Waals surface area contributed by atoms with Gasteiger partial charge in [-0.15, -0.1) is 0 Å². The number of hydrogen-bond donors (Lipinski definition) is 7. The molecule has 0 saturated heterocycles. The van der Waals surface area contributed by atoms with Gasteiger partial charge in [0.05, 0.1) is 18.8 Å². The van der Waals surface area contributed by atoms with E-state index in [9.17, 15) is 19.8 Å². The predicted octanol–water partition coefficient (Wildman–Crippen LogP) is 3.19. The molecular formula is C27H29ClN4O8. The molecule has 212 valence electrons. The van der Waals surface area contributed by atoms with Gasteiger partial charge < -0.3 is 46.4 Å². The maximum atomic E-state index is 13.2. The van der Waals surface area contributed by atoms with Crippen LogP contribution in [0.3, 0.4) is 0 Å². The number of carbonyl (C=O) groups excluding carboxylic acids is 1. The second kappa shape index (κ2) is 14.0. The number of rotatable bonds is 13. The first-order chi connectivity index (χ1) is 19.2. The number of halogens is 1. The molecule has 0 bridgehead atoms. The summed E-state index contributed by atoms with van der Waals surface area (Å²) in [4.78, 5) is 24.4. The third kappa shape index (κ3) is 7.76. The average molecular weight is 573 g/mol. The first kappa shape index (κ1) is 30.0. The molecule has 0 fully saturated rings. The van der Waals surface area contributed by atoms with Gasteiger partial charge in [-0.1, -0.05) is 16.8 Å². The van der Waals surface area contributed by atoms with Crippen LogP contribution in [0, 0.1) is 0 Å². The molecule has 0 aliphatic rings. The summed E-state index contributed by atoms with van der Waals surface area (Å²) in [6.07, 6.45) is -1.21. The molecule has 0 saturated carbocycles. The van der Waals surface area contributed by atoms with Crippen LogP contribution in [0.2, 0.25) is 5.02 Å². The number of nitrogens with one attached hydrogen (secondary N) is 2. The molecule has 3 aromatic carbocycles. The minimum absolute atomic E-state index is 0.0252. The van der Waals surface area contributed by atoms with E-state index >= 15 is 0 Å². The molecule has 3 rings (SSSR count). The van der Waals surface area contributed by atoms with Gasteiger partial charge in [-0.3, -0.25) is 4.79 Å². The fourth-order valence-corrected chi connectivity index (χ4v) is 3.87. The number of amides is 1. The third-order valence-corrected chi connectivity index (χ3v) is 5.83. The second-order valence-corrected chi connectivity index (χ2v) is 8.82. The van der Waals surface area contributed by atoms with E-state index in [-0.39, 0.29) is 36.0 Å². The van der Waals surface area contributed by atoms with Crippen molar-refractivity contribution in [2.75, 3.05) is 30.5 Å². The lowest BCUT2D eigenvalue weighted by molar-refractivity contribution is -0.139. The summed E-state index contributed by atoms with van der Waals surface area (Å²) in [7, 11) is 0. The van der Waals surface area contributed by atoms with Crippen LogP contribution in [0.25, 0.3) is 0 Å². The Morgan fingerprint density at radius 2 is 1.82 bits per heavy atom. The van der Waals surface area contributed by atoms with E-state index in [1.807, 2.05) is 0 Å². The molecule has 40 heavy (non-hydrogen) atoms. The van der Waals surface area contributed by atoms with E-state index < -0.39 is 31.2 Å². The van der Waals surface area contributed by atoms with Crippen LogP contribution in [0.5, 0.6) is 11.5 Å². The highest BCUT2D eigenvalue weighted by Crippen LogP contribution is 2.36. The fraction of sp³-hybridized carbons (Fsp3) is 0.222. The number of aliphatic hydroxyl groups is 2. The number of oxime groups is 1. The topological polar surface area (TPSA) is 196 Å². The van der Waals surface area contributed by atoms with Crippen molar-refractivity contribution in [2.45, 2.75) is 19.6 Å². The van der Waals surface area contributed by atoms with Crippen LogP contribution >= 0.6 is 11.6 Å². The largest absolute Gasteiger partial charge is 0.490 e. The van der Waals surface area contributed by atoms with E-state index in [1.165, 1.54) is 12.1 Å². The van der Waals surface area contributed by atoms with E-state index in [2.05, 4.69) is 15.8 Å². The van der Waals surface area contributed by atoms with Crippen LogP contribution < -0.4 is 25.8 Å². The molecule has 1 amide bonds. The number of amidine groups is 1. The molecule has 1 unspecified atom stereocenters. The lowest BCUT2D eigenvalue weighted by Gasteiger charge is -2.20. The van der Waals surface area contributed by atoms with Gasteiger partial charge in [-0.25, -0.2) is 4.79 Å². The Morgan fingerprint density at radius 3 is 2.45 bits per heavy atom. The van der Waals surface area contributed by atoms with Crippen molar-refractivity contribution in [1.29, 1.82) is 0 Å². The Labute approximate surface area is 234 Å². The van der Waals surface area contributed by atoms with Crippen molar-refractivity contribution >= 4 is 40.7 Å². The molecule has 3 aromatic rings. The van der Waals surface area contributed by atoms with Gasteiger partial charge in [0, 0.05) is 34.1 Å². The molecule has 13 heteroatoms. The number of hydrogen-bond acceptors (Lipinski definition) is 9. The number of nitrogens with two attached hydrogens (primary N) is 1. The van der Waals surface area contributed by atoms with Gasteiger partial charge in [-0.2, -0.15) is 0 Å². The highest BCUT2D eigenvalue weighted by atomic mass is 35.5. The van der Waals surface area contributed by atoms with E-state index in [0.717, 1.165) is 0 Å². The summed E-state index contributed by atoms with van der Waals surface area (Å²) in [5.74, 6) is -1.43. The summed E-state index contributed by atoms with van der Waals surface area (Å²) in [5.41, 5.74) is 7.83. The van der Waals surface area contributed by atoms with Gasteiger partial charge in [-0.05, 0) is 67.1 Å². The SMILES string of the molecule is CCOc1cc(C(O)CO)cc(CNc2ccc(Cl)cc2C(=O)Nc2ccc(/C(N)=N/O)cc2)c1OCC(=O)O. The summed E-state index contributed by atoms with van der Waals surface area (Å²) < 4.78 is 11.1. The normalized spacial score (nSPS) is 11.9. The molecule has 0 heterocycles. The van der Waals surface area contributed by atoms with Crippen molar-refractivity contribution in [1.82, 2.24) is 0 Å². The molecular weight excluding hydrogens is 544 g/mol. The maximum Gasteiger partial charge on any atom is 0.341 e. The standard InChI is InChI=1S/C27H29ClN4O8/c1-2-39-23-10-16(22(34)13-33)9-17(25(23)40-14-24(35)36)12-30-21-8-5-18(28)11-20(21)27(37)31-19-6-3-15(4-7-19)26(29)32-38/h3-11,22,30,33-34,38H,2,12-14H2,1H3,(H2,29,32)(H,31,37)(H,35,36). The van der Waals surface area contributed by atoms with Gasteiger partial charge in [0.2, 0.25) is 0 Å². The molecule has 1 atom stereocenters. The zero-order valence-corrected chi connectivity index (χ0v) is 22.2. The number of carboxylic acid groups (broad SMARTS) is 1. The summed E-state index contributed by atoms with van der Waals surface area (Å²) in [6, 6.07) is 14.0. The first-order valence-electron chi connectivity index (χ1n) is 12.0. The first-order valence-corrected chi connectivity index (χ1v) is 12.4. The predicted molar refractivity (Wildman–Crippen MR) is 148 cm³/mol. The molecule has 0 spiro atoms. The minimum Gasteiger partial charge on any atom is -0.490 e. The molecule has 0 aliphatic heterocycles. The highest BCUT2D eigenvalue weighted by molar-refractivity contribution is 6.31. The van der Waals surface area contributed by atoms with Crippen LogP contribution in [0.15, 0.2) is 59.8 Å². The monoisotopic (exact) mass is 572 g/mol. The van der Waals surface area contributed by atoms with E-state index in [4.69, 9.17) is 37.1 Å². The van der Waals surface area contributed by atoms with Crippen LogP contribution in [-0.2, 0) is 11.3 Å². The molecule has 0 aromatic heterocycles. The Morgan fingerprint density at radius 1 is 1.10 bits per heavy atom. The van der Waals surface area contributed by atoms with Gasteiger partial charge in [0.1, 0.15) is 6.10 Å². The maximum absolute atomic E-state index is 13.2. The van der Waals surface area contributed by atoms with Gasteiger partial charge in [0.25, 0.3) is 5.91 Å². The number of benzene rings is 3. The van der Waals surface area contributed by atoms with Crippen LogP contribution in [0.1, 0.15) is 40.1 Å². The van der Waals surface area contributed by atoms with Crippen molar-refractivity contribution in [3.63, 3.8) is 0 Å². The van der Waals surface area contributed by atoms with Crippen molar-refractivity contribution in [3.8, 4) is 11.5 Å². The lowest BCUT2D eigenvalue weighted by Crippen LogP contribution is -2.17. The second-order valence-electron chi connectivity index (χ2n) is 8.38. The molecule has 8 N–H and O–H groups in total. The van der Waals surface area contributed by atoms with E-state index in [0.29, 0.717) is 33.1 Å². The molecule has 12 nitrogen and oxygen atoms in total. The third-order valence-electron chi connectivity index (χ3n) is 5.59. The number of carbonyl (C=O) groups is 2. The van der Waals surface area contributed by atoms with Gasteiger partial charge in [0.15, 0.2) is 23.9 Å². The van der Waals surface area contributed by atoms with Crippen LogP contribution in [0.4, 0.5) is 11.4 Å². The fourth-order valence-electron chi connectivity index (χ4n) is 3.70. The Balaban J connectivity index is 1.91. The lowest BCUT2D eigenvalue weighted by atomic mass is 10.0. The summed E-state index contributed by atoms with van der Waals surface area (Å²) in [5, 5.41) is 46.8. The number of carboxylic acids is 1. The summed E-state index contributed by atoms with van der Waals surface area (Å²) in [6.45, 7) is 0.803. The highest BCUT2D eigenvalue weighted by Gasteiger charge is 2.20. The Hall–Kier alpha value is -4.52. The summed E-state index contributed by atoms with van der Waals surface area (Å²) >= 11 is 6.17. The van der Waals surface area contributed by atoms with Crippen molar-refractivity contribution in [3.05, 3.63) is 81.9 Å². The number of ether oxygens (including phenoxy) is 2. The minimum atomic E-state index is -1.21. The number of aliphatic hydroxyl groups excluding tert-OH is 2. The Bertz CT molecular complexity index is 1380. The van der Waals surface area contributed by atoms with Crippen LogP contribution in [-0.4, -0.2) is 58.1 Å². The number of anilines is 2. The quantitative estimate of drug-likeness (QED) is 0.0691. The zero-order valence-electron chi connectivity index (χ0n) is 21.4. The van der Waals surface area contributed by atoms with Crippen molar-refractivity contribution in [2.24, 2.45) is 10.9 Å². The average Bonchev–Trinajstić information content (AvgIpc) is 2.95. The number of nitrogens with zero attached hydrogens (tertiary/aromatic N) is 1. The molecule has 0 radical (unpaired) electrons. The van der Waals surface area contributed by atoms with Crippen molar-refractivity contribution < 1.29 is 39.6 Å². The smallest absolute Gasteiger partial charge is 0.341 e.